The molecule has 1 aliphatic rings. The van der Waals surface area contributed by atoms with Crippen LogP contribution in [0.25, 0.3) is 0 Å². The maximum absolute atomic E-state index is 12.2. The van der Waals surface area contributed by atoms with E-state index in [1.807, 2.05) is 17.2 Å². The fourth-order valence-electron chi connectivity index (χ4n) is 2.30. The van der Waals surface area contributed by atoms with E-state index in [1.165, 1.54) is 4.88 Å². The van der Waals surface area contributed by atoms with Crippen LogP contribution in [0, 0.1) is 13.8 Å². The van der Waals surface area contributed by atoms with E-state index in [4.69, 9.17) is 0 Å². The number of nitrogens with one attached hydrogen (secondary N) is 1. The highest BCUT2D eigenvalue weighted by atomic mass is 32.1. The molecule has 0 saturated carbocycles. The number of urea groups is 1. The minimum atomic E-state index is -0.0126. The summed E-state index contributed by atoms with van der Waals surface area (Å²) < 4.78 is 0. The van der Waals surface area contributed by atoms with Gasteiger partial charge in [-0.25, -0.2) is 14.8 Å². The third-order valence-electron chi connectivity index (χ3n) is 3.73. The lowest BCUT2D eigenvalue weighted by Gasteiger charge is -2.34. The summed E-state index contributed by atoms with van der Waals surface area (Å²) in [7, 11) is 0. The molecular weight excluding hydrogens is 318 g/mol. The van der Waals surface area contributed by atoms with E-state index in [2.05, 4.69) is 27.1 Å². The molecule has 0 spiro atoms. The lowest BCUT2D eigenvalue weighted by atomic mass is 10.3. The molecule has 1 aliphatic heterocycles. The second kappa shape index (κ2) is 6.62. The number of aryl methyl sites for hydroxylation is 2. The number of hydrogen-bond acceptors (Lipinski definition) is 6. The highest BCUT2D eigenvalue weighted by molar-refractivity contribution is 7.15. The van der Waals surface area contributed by atoms with Crippen LogP contribution in [-0.2, 0) is 6.54 Å². The van der Waals surface area contributed by atoms with Crippen LogP contribution in [0.3, 0.4) is 0 Å². The molecule has 2 aromatic rings. The smallest absolute Gasteiger partial charge is 0.317 e. The summed E-state index contributed by atoms with van der Waals surface area (Å²) >= 11 is 3.28. The largest absolute Gasteiger partial charge is 0.345 e. The SMILES string of the molecule is Cc1nc(N2CCN(C(=O)NCc3nccs3)CC2)sc1C. The van der Waals surface area contributed by atoms with Crippen LogP contribution in [-0.4, -0.2) is 47.1 Å². The Bertz CT molecular complexity index is 612. The van der Waals surface area contributed by atoms with Crippen LogP contribution in [0.2, 0.25) is 0 Å². The average Bonchev–Trinajstić information content (AvgIpc) is 3.16. The quantitative estimate of drug-likeness (QED) is 0.933. The standard InChI is InChI=1S/C14H19N5OS2/c1-10-11(2)22-14(17-10)19-6-4-18(5-7-19)13(20)16-9-12-15-3-8-21-12/h3,8H,4-7,9H2,1-2H3,(H,16,20). The first-order valence-electron chi connectivity index (χ1n) is 7.23. The van der Waals surface area contributed by atoms with Crippen molar-refractivity contribution in [2.24, 2.45) is 0 Å². The molecule has 6 nitrogen and oxygen atoms in total. The number of piperazine rings is 1. The first-order valence-corrected chi connectivity index (χ1v) is 8.93. The van der Waals surface area contributed by atoms with Gasteiger partial charge >= 0.3 is 6.03 Å². The number of rotatable bonds is 3. The Morgan fingerprint density at radius 2 is 2.09 bits per heavy atom. The van der Waals surface area contributed by atoms with E-state index in [1.54, 1.807) is 28.9 Å². The molecule has 0 bridgehead atoms. The van der Waals surface area contributed by atoms with Crippen LogP contribution < -0.4 is 10.2 Å². The average molecular weight is 337 g/mol. The van der Waals surface area contributed by atoms with Crippen LogP contribution in [0.15, 0.2) is 11.6 Å². The highest BCUT2D eigenvalue weighted by Crippen LogP contribution is 2.25. The van der Waals surface area contributed by atoms with Gasteiger partial charge in [0.05, 0.1) is 12.2 Å². The number of carbonyl (C=O) groups is 1. The van der Waals surface area contributed by atoms with Crippen LogP contribution in [0.1, 0.15) is 15.6 Å². The van der Waals surface area contributed by atoms with E-state index in [-0.39, 0.29) is 6.03 Å². The lowest BCUT2D eigenvalue weighted by Crippen LogP contribution is -2.51. The Balaban J connectivity index is 1.49. The number of amides is 2. The first kappa shape index (κ1) is 15.2. The third kappa shape index (κ3) is 3.38. The van der Waals surface area contributed by atoms with E-state index in [0.29, 0.717) is 6.54 Å². The molecule has 0 aromatic carbocycles. The highest BCUT2D eigenvalue weighted by Gasteiger charge is 2.23. The maximum atomic E-state index is 12.2. The van der Waals surface area contributed by atoms with Gasteiger partial charge in [-0.2, -0.15) is 0 Å². The normalized spacial score (nSPS) is 15.2. The van der Waals surface area contributed by atoms with Crippen LogP contribution >= 0.6 is 22.7 Å². The fraction of sp³-hybridized carbons (Fsp3) is 0.500. The van der Waals surface area contributed by atoms with Gasteiger partial charge in [-0.1, -0.05) is 0 Å². The van der Waals surface area contributed by atoms with Gasteiger partial charge in [-0.15, -0.1) is 22.7 Å². The molecule has 22 heavy (non-hydrogen) atoms. The molecule has 0 unspecified atom stereocenters. The monoisotopic (exact) mass is 337 g/mol. The van der Waals surface area contributed by atoms with Crippen LogP contribution in [0.4, 0.5) is 9.93 Å². The van der Waals surface area contributed by atoms with Gasteiger partial charge in [-0.05, 0) is 13.8 Å². The first-order chi connectivity index (χ1) is 10.6. The molecule has 0 aliphatic carbocycles. The van der Waals surface area contributed by atoms with Crippen molar-refractivity contribution in [3.8, 4) is 0 Å². The summed E-state index contributed by atoms with van der Waals surface area (Å²) in [5.74, 6) is 0. The van der Waals surface area contributed by atoms with Crippen molar-refractivity contribution in [3.63, 3.8) is 0 Å². The summed E-state index contributed by atoms with van der Waals surface area (Å²) in [6, 6.07) is -0.0126. The summed E-state index contributed by atoms with van der Waals surface area (Å²) in [5, 5.41) is 6.84. The molecular formula is C14H19N5OS2. The van der Waals surface area contributed by atoms with E-state index in [0.717, 1.165) is 42.0 Å². The van der Waals surface area contributed by atoms with Gasteiger partial charge in [-0.3, -0.25) is 0 Å². The maximum Gasteiger partial charge on any atom is 0.317 e. The van der Waals surface area contributed by atoms with Gasteiger partial charge in [0.2, 0.25) is 0 Å². The van der Waals surface area contributed by atoms with Gasteiger partial charge in [0.25, 0.3) is 0 Å². The molecule has 0 radical (unpaired) electrons. The number of hydrogen-bond donors (Lipinski definition) is 1. The minimum Gasteiger partial charge on any atom is -0.345 e. The molecule has 1 saturated heterocycles. The topological polar surface area (TPSA) is 61.4 Å². The molecule has 1 fully saturated rings. The van der Waals surface area contributed by atoms with Gasteiger partial charge < -0.3 is 15.1 Å². The van der Waals surface area contributed by atoms with Crippen molar-refractivity contribution in [3.05, 3.63) is 27.2 Å². The molecule has 118 valence electrons. The fourth-order valence-corrected chi connectivity index (χ4v) is 3.81. The Morgan fingerprint density at radius 3 is 2.68 bits per heavy atom. The zero-order valence-electron chi connectivity index (χ0n) is 12.7. The molecule has 1 N–H and O–H groups in total. The Kier molecular flexibility index (Phi) is 4.58. The van der Waals surface area contributed by atoms with Crippen LogP contribution in [0.5, 0.6) is 0 Å². The Labute approximate surface area is 137 Å². The van der Waals surface area contributed by atoms with Gasteiger partial charge in [0.1, 0.15) is 5.01 Å². The minimum absolute atomic E-state index is 0.0126. The molecule has 2 aromatic heterocycles. The Morgan fingerprint density at radius 1 is 1.32 bits per heavy atom. The molecule has 8 heteroatoms. The van der Waals surface area contributed by atoms with Crippen molar-refractivity contribution in [1.82, 2.24) is 20.2 Å². The van der Waals surface area contributed by atoms with Crippen molar-refractivity contribution in [2.75, 3.05) is 31.1 Å². The number of anilines is 1. The molecule has 0 atom stereocenters. The lowest BCUT2D eigenvalue weighted by molar-refractivity contribution is 0.194. The molecule has 3 heterocycles. The Hall–Kier alpha value is -1.67. The second-order valence-electron chi connectivity index (χ2n) is 5.20. The molecule has 3 rings (SSSR count). The number of nitrogens with zero attached hydrogens (tertiary/aromatic N) is 4. The van der Waals surface area contributed by atoms with Crippen molar-refractivity contribution in [2.45, 2.75) is 20.4 Å². The van der Waals surface area contributed by atoms with Crippen molar-refractivity contribution >= 4 is 33.8 Å². The zero-order valence-corrected chi connectivity index (χ0v) is 14.3. The van der Waals surface area contributed by atoms with E-state index >= 15 is 0 Å². The second-order valence-corrected chi connectivity index (χ2v) is 7.36. The summed E-state index contributed by atoms with van der Waals surface area (Å²) in [6.45, 7) is 7.74. The number of carbonyl (C=O) groups excluding carboxylic acids is 1. The van der Waals surface area contributed by atoms with Gasteiger partial charge in [0, 0.05) is 42.6 Å². The van der Waals surface area contributed by atoms with E-state index < -0.39 is 0 Å². The summed E-state index contributed by atoms with van der Waals surface area (Å²) in [5.41, 5.74) is 1.10. The predicted octanol–water partition coefficient (Wildman–Crippen LogP) is 2.25. The van der Waals surface area contributed by atoms with E-state index in [9.17, 15) is 4.79 Å². The summed E-state index contributed by atoms with van der Waals surface area (Å²) in [4.78, 5) is 26.3. The zero-order chi connectivity index (χ0) is 15.5. The summed E-state index contributed by atoms with van der Waals surface area (Å²) in [6.07, 6.45) is 1.75. The third-order valence-corrected chi connectivity index (χ3v) is 5.64. The van der Waals surface area contributed by atoms with Gasteiger partial charge in [0.15, 0.2) is 5.13 Å². The number of aromatic nitrogens is 2. The van der Waals surface area contributed by atoms with Crippen molar-refractivity contribution < 1.29 is 4.79 Å². The predicted molar refractivity (Wildman–Crippen MR) is 89.7 cm³/mol. The van der Waals surface area contributed by atoms with Crippen molar-refractivity contribution in [1.29, 1.82) is 0 Å². The molecule has 2 amide bonds. The number of thiazole rings is 2.